The maximum absolute atomic E-state index is 13.1. The van der Waals surface area contributed by atoms with Gasteiger partial charge >= 0.3 is 6.61 Å². The van der Waals surface area contributed by atoms with Crippen molar-refractivity contribution in [1.29, 1.82) is 0 Å². The fraction of sp³-hybridized carbons (Fsp3) is 0.158. The minimum absolute atomic E-state index is 0.00202. The van der Waals surface area contributed by atoms with Crippen molar-refractivity contribution in [3.8, 4) is 11.5 Å². The minimum atomic E-state index is -2.92. The van der Waals surface area contributed by atoms with Gasteiger partial charge in [0.2, 0.25) is 0 Å². The lowest BCUT2D eigenvalue weighted by Gasteiger charge is -2.10. The summed E-state index contributed by atoms with van der Waals surface area (Å²) < 4.78 is 48.8. The van der Waals surface area contributed by atoms with Crippen LogP contribution < -0.4 is 14.8 Å². The third-order valence-corrected chi connectivity index (χ3v) is 4.09. The van der Waals surface area contributed by atoms with Gasteiger partial charge in [-0.25, -0.2) is 9.07 Å². The first-order valence-electron chi connectivity index (χ1n) is 8.30. The highest BCUT2D eigenvalue weighted by molar-refractivity contribution is 6.30. The number of hydrogen-bond donors (Lipinski definition) is 1. The number of carbonyl (C=O) groups excluding carboxylic acids is 1. The maximum atomic E-state index is 13.1. The van der Waals surface area contributed by atoms with Crippen molar-refractivity contribution in [3.63, 3.8) is 0 Å². The predicted molar refractivity (Wildman–Crippen MR) is 100 cm³/mol. The quantitative estimate of drug-likeness (QED) is 0.586. The molecular formula is C19H15ClF3N3O3. The molecule has 0 aliphatic carbocycles. The molecule has 0 spiro atoms. The molecule has 3 aromatic rings. The van der Waals surface area contributed by atoms with E-state index in [4.69, 9.17) is 16.3 Å². The van der Waals surface area contributed by atoms with Crippen LogP contribution in [0.15, 0.2) is 48.7 Å². The Bertz CT molecular complexity index is 1030. The van der Waals surface area contributed by atoms with E-state index in [0.29, 0.717) is 17.0 Å². The molecule has 10 heteroatoms. The van der Waals surface area contributed by atoms with E-state index in [1.165, 1.54) is 53.3 Å². The number of hydrogen-bond acceptors (Lipinski definition) is 4. The van der Waals surface area contributed by atoms with Gasteiger partial charge in [0, 0.05) is 18.0 Å². The Kier molecular flexibility index (Phi) is 6.28. The summed E-state index contributed by atoms with van der Waals surface area (Å²) in [5.74, 6) is -0.696. The van der Waals surface area contributed by atoms with E-state index in [1.807, 2.05) is 0 Å². The van der Waals surface area contributed by atoms with Crippen LogP contribution in [0.5, 0.6) is 11.5 Å². The zero-order chi connectivity index (χ0) is 21.0. The number of nitrogens with one attached hydrogen (secondary N) is 1. The Hall–Kier alpha value is -3.20. The summed E-state index contributed by atoms with van der Waals surface area (Å²) >= 11 is 5.69. The molecular weight excluding hydrogens is 411 g/mol. The summed E-state index contributed by atoms with van der Waals surface area (Å²) in [5.41, 5.74) is 1.11. The summed E-state index contributed by atoms with van der Waals surface area (Å²) in [4.78, 5) is 12.4. The summed E-state index contributed by atoms with van der Waals surface area (Å²) in [5, 5.41) is 6.68. The number of anilines is 1. The molecule has 2 aromatic carbocycles. The second kappa shape index (κ2) is 8.87. The van der Waals surface area contributed by atoms with Crippen LogP contribution in [0.4, 0.5) is 18.9 Å². The second-order valence-electron chi connectivity index (χ2n) is 5.90. The topological polar surface area (TPSA) is 65.4 Å². The normalized spacial score (nSPS) is 10.8. The lowest BCUT2D eigenvalue weighted by molar-refractivity contribution is -0.0498. The minimum Gasteiger partial charge on any atom is -0.471 e. The van der Waals surface area contributed by atoms with Gasteiger partial charge in [-0.15, -0.1) is 0 Å². The van der Waals surface area contributed by atoms with E-state index >= 15 is 0 Å². The molecule has 0 saturated heterocycles. The Morgan fingerprint density at radius 1 is 1.21 bits per heavy atom. The maximum Gasteiger partial charge on any atom is 0.387 e. The van der Waals surface area contributed by atoms with Gasteiger partial charge in [0.15, 0.2) is 12.4 Å². The molecule has 152 valence electrons. The molecule has 0 aliphatic rings. The van der Waals surface area contributed by atoms with Crippen molar-refractivity contribution >= 4 is 23.2 Å². The average molecular weight is 426 g/mol. The number of ether oxygens (including phenoxy) is 2. The molecule has 29 heavy (non-hydrogen) atoms. The molecule has 0 radical (unpaired) electrons. The fourth-order valence-corrected chi connectivity index (χ4v) is 2.57. The van der Waals surface area contributed by atoms with Gasteiger partial charge in [-0.3, -0.25) is 4.79 Å². The molecule has 1 amide bonds. The van der Waals surface area contributed by atoms with Crippen molar-refractivity contribution in [2.45, 2.75) is 20.3 Å². The van der Waals surface area contributed by atoms with Crippen LogP contribution in [0.2, 0.25) is 5.02 Å². The molecule has 0 saturated carbocycles. The highest BCUT2D eigenvalue weighted by Crippen LogP contribution is 2.23. The molecule has 0 aliphatic heterocycles. The zero-order valence-corrected chi connectivity index (χ0v) is 15.8. The monoisotopic (exact) mass is 425 g/mol. The number of aromatic nitrogens is 2. The number of benzene rings is 2. The Labute approximate surface area is 168 Å². The average Bonchev–Trinajstić information content (AvgIpc) is 3.13. The van der Waals surface area contributed by atoms with E-state index in [-0.39, 0.29) is 23.2 Å². The number of carbonyl (C=O) groups is 1. The van der Waals surface area contributed by atoms with Crippen LogP contribution in [0.3, 0.4) is 0 Å². The first kappa shape index (κ1) is 20.5. The van der Waals surface area contributed by atoms with Crippen LogP contribution in [-0.2, 0) is 6.73 Å². The van der Waals surface area contributed by atoms with Gasteiger partial charge in [-0.05, 0) is 48.9 Å². The van der Waals surface area contributed by atoms with Gasteiger partial charge < -0.3 is 14.8 Å². The molecule has 1 N–H and O–H groups in total. The van der Waals surface area contributed by atoms with Crippen molar-refractivity contribution in [2.24, 2.45) is 0 Å². The summed E-state index contributed by atoms with van der Waals surface area (Å²) in [6.45, 7) is -1.30. The van der Waals surface area contributed by atoms with E-state index < -0.39 is 18.3 Å². The molecule has 0 unspecified atom stereocenters. The zero-order valence-electron chi connectivity index (χ0n) is 15.0. The van der Waals surface area contributed by atoms with E-state index in [9.17, 15) is 18.0 Å². The first-order chi connectivity index (χ1) is 13.8. The van der Waals surface area contributed by atoms with Crippen LogP contribution in [-0.4, -0.2) is 22.3 Å². The first-order valence-corrected chi connectivity index (χ1v) is 8.68. The fourth-order valence-electron chi connectivity index (χ4n) is 2.40. The van der Waals surface area contributed by atoms with E-state index in [1.54, 1.807) is 6.92 Å². The van der Waals surface area contributed by atoms with Crippen LogP contribution in [0, 0.1) is 12.7 Å². The molecule has 0 bridgehead atoms. The Morgan fingerprint density at radius 2 is 1.97 bits per heavy atom. The van der Waals surface area contributed by atoms with Gasteiger partial charge in [0.1, 0.15) is 17.3 Å². The van der Waals surface area contributed by atoms with Crippen LogP contribution >= 0.6 is 11.6 Å². The van der Waals surface area contributed by atoms with Crippen molar-refractivity contribution in [3.05, 3.63) is 70.8 Å². The van der Waals surface area contributed by atoms with Crippen molar-refractivity contribution in [2.75, 3.05) is 5.32 Å². The Balaban J connectivity index is 1.61. The smallest absolute Gasteiger partial charge is 0.387 e. The number of alkyl halides is 2. The van der Waals surface area contributed by atoms with Gasteiger partial charge in [-0.2, -0.15) is 13.9 Å². The molecule has 0 atom stereocenters. The number of halogens is 4. The molecule has 3 rings (SSSR count). The number of rotatable bonds is 7. The SMILES string of the molecule is Cc1cc(OC(F)F)ccc1NC(=O)c1ccn(COc2ccc(F)c(Cl)c2)n1. The Morgan fingerprint density at radius 3 is 2.66 bits per heavy atom. The van der Waals surface area contributed by atoms with Crippen LogP contribution in [0.1, 0.15) is 16.1 Å². The number of nitrogens with zero attached hydrogens (tertiary/aromatic N) is 2. The summed E-state index contributed by atoms with van der Waals surface area (Å²) in [6, 6.07) is 9.60. The third kappa shape index (κ3) is 5.41. The van der Waals surface area contributed by atoms with Crippen LogP contribution in [0.25, 0.3) is 0 Å². The van der Waals surface area contributed by atoms with E-state index in [0.717, 1.165) is 0 Å². The third-order valence-electron chi connectivity index (χ3n) is 3.80. The van der Waals surface area contributed by atoms with E-state index in [2.05, 4.69) is 15.2 Å². The molecule has 1 heterocycles. The van der Waals surface area contributed by atoms with Gasteiger partial charge in [0.05, 0.1) is 5.02 Å². The number of aryl methyl sites for hydroxylation is 1. The standard InChI is InChI=1S/C19H15ClF3N3O3/c1-11-8-13(29-19(22)23)3-5-16(11)24-18(27)17-6-7-26(25-17)10-28-12-2-4-15(21)14(20)9-12/h2-9,19H,10H2,1H3,(H,24,27). The van der Waals surface area contributed by atoms with Crippen molar-refractivity contribution < 1.29 is 27.4 Å². The second-order valence-corrected chi connectivity index (χ2v) is 6.31. The highest BCUT2D eigenvalue weighted by atomic mass is 35.5. The van der Waals surface area contributed by atoms with Gasteiger partial charge in [-0.1, -0.05) is 11.6 Å². The lowest BCUT2D eigenvalue weighted by Crippen LogP contribution is -2.15. The van der Waals surface area contributed by atoms with Crippen molar-refractivity contribution in [1.82, 2.24) is 9.78 Å². The molecule has 0 fully saturated rings. The highest BCUT2D eigenvalue weighted by Gasteiger charge is 2.13. The molecule has 6 nitrogen and oxygen atoms in total. The number of amides is 1. The summed E-state index contributed by atoms with van der Waals surface area (Å²) in [7, 11) is 0. The molecule has 1 aromatic heterocycles. The predicted octanol–water partition coefficient (Wildman–Crippen LogP) is 4.87. The van der Waals surface area contributed by atoms with Gasteiger partial charge in [0.25, 0.3) is 5.91 Å². The summed E-state index contributed by atoms with van der Waals surface area (Å²) in [6.07, 6.45) is 1.53. The lowest BCUT2D eigenvalue weighted by atomic mass is 10.2. The largest absolute Gasteiger partial charge is 0.471 e.